The van der Waals surface area contributed by atoms with Crippen molar-refractivity contribution in [3.63, 3.8) is 0 Å². The molecular weight excluding hydrogens is 314 g/mol. The highest BCUT2D eigenvalue weighted by molar-refractivity contribution is 5.93. The Hall–Kier alpha value is -2.34. The summed E-state index contributed by atoms with van der Waals surface area (Å²) in [5.41, 5.74) is 3.77. The van der Waals surface area contributed by atoms with E-state index in [2.05, 4.69) is 49.6 Å². The van der Waals surface area contributed by atoms with Crippen LogP contribution >= 0.6 is 0 Å². The first-order valence-electron chi connectivity index (χ1n) is 8.86. The number of piperidine rings is 1. The average Bonchev–Trinajstić information content (AvgIpc) is 2.94. The summed E-state index contributed by atoms with van der Waals surface area (Å²) >= 11 is 0. The fourth-order valence-corrected chi connectivity index (χ4v) is 3.46. The first kappa shape index (κ1) is 17.5. The number of aryl methyl sites for hydroxylation is 2. The molecule has 1 fully saturated rings. The summed E-state index contributed by atoms with van der Waals surface area (Å²) in [7, 11) is 2.04. The van der Waals surface area contributed by atoms with Gasteiger partial charge in [-0.1, -0.05) is 18.2 Å². The van der Waals surface area contributed by atoms with Crippen LogP contribution in [-0.4, -0.2) is 53.7 Å². The number of amides is 1. The lowest BCUT2D eigenvalue weighted by Gasteiger charge is -2.38. The maximum Gasteiger partial charge on any atom is 0.238 e. The van der Waals surface area contributed by atoms with Crippen LogP contribution < -0.4 is 10.2 Å². The van der Waals surface area contributed by atoms with Gasteiger partial charge in [-0.3, -0.25) is 14.8 Å². The van der Waals surface area contributed by atoms with Crippen LogP contribution in [0.3, 0.4) is 0 Å². The molecule has 1 unspecified atom stereocenters. The molecule has 0 saturated carbocycles. The van der Waals surface area contributed by atoms with E-state index in [0.29, 0.717) is 12.6 Å². The van der Waals surface area contributed by atoms with Gasteiger partial charge in [-0.05, 0) is 45.9 Å². The van der Waals surface area contributed by atoms with Crippen LogP contribution in [0.15, 0.2) is 30.3 Å². The Morgan fingerprint density at radius 3 is 2.80 bits per heavy atom. The molecule has 2 N–H and O–H groups in total. The lowest BCUT2D eigenvalue weighted by Crippen LogP contribution is -2.48. The number of benzene rings is 1. The van der Waals surface area contributed by atoms with Crippen molar-refractivity contribution in [2.24, 2.45) is 0 Å². The molecule has 134 valence electrons. The monoisotopic (exact) mass is 341 g/mol. The van der Waals surface area contributed by atoms with Crippen LogP contribution in [0, 0.1) is 13.8 Å². The first-order valence-corrected chi connectivity index (χ1v) is 8.86. The van der Waals surface area contributed by atoms with Gasteiger partial charge in [-0.2, -0.15) is 5.10 Å². The lowest BCUT2D eigenvalue weighted by molar-refractivity contribution is -0.117. The number of nitrogens with zero attached hydrogens (tertiary/aromatic N) is 3. The maximum atomic E-state index is 12.4. The number of carbonyl (C=O) groups is 1. The second-order valence-corrected chi connectivity index (χ2v) is 6.85. The Balaban J connectivity index is 1.57. The van der Waals surface area contributed by atoms with Crippen LogP contribution in [0.5, 0.6) is 0 Å². The van der Waals surface area contributed by atoms with Gasteiger partial charge in [0.25, 0.3) is 0 Å². The Bertz CT molecular complexity index is 692. The molecule has 6 nitrogen and oxygen atoms in total. The van der Waals surface area contributed by atoms with Crippen molar-refractivity contribution in [1.29, 1.82) is 0 Å². The molecular formula is C19H27N5O. The smallest absolute Gasteiger partial charge is 0.238 e. The number of H-pyrrole nitrogens is 1. The summed E-state index contributed by atoms with van der Waals surface area (Å²) in [6, 6.07) is 10.9. The molecule has 6 heteroatoms. The minimum absolute atomic E-state index is 0.00642. The molecule has 1 aromatic heterocycles. The van der Waals surface area contributed by atoms with Gasteiger partial charge in [0.2, 0.25) is 5.91 Å². The van der Waals surface area contributed by atoms with Crippen molar-refractivity contribution in [2.45, 2.75) is 32.7 Å². The van der Waals surface area contributed by atoms with E-state index in [4.69, 9.17) is 0 Å². The van der Waals surface area contributed by atoms with E-state index in [1.165, 1.54) is 5.69 Å². The first-order chi connectivity index (χ1) is 12.0. The topological polar surface area (TPSA) is 64.3 Å². The molecule has 1 aliphatic heterocycles. The van der Waals surface area contributed by atoms with Gasteiger partial charge in [-0.15, -0.1) is 0 Å². The number of aromatic nitrogens is 2. The second kappa shape index (κ2) is 7.70. The van der Waals surface area contributed by atoms with Gasteiger partial charge >= 0.3 is 0 Å². The molecule has 1 aliphatic rings. The lowest BCUT2D eigenvalue weighted by atomic mass is 10.0. The summed E-state index contributed by atoms with van der Waals surface area (Å²) in [6.45, 7) is 6.22. The molecule has 1 atom stereocenters. The zero-order valence-corrected chi connectivity index (χ0v) is 15.2. The van der Waals surface area contributed by atoms with E-state index in [1.54, 1.807) is 0 Å². The summed E-state index contributed by atoms with van der Waals surface area (Å²) in [6.07, 6.45) is 2.27. The number of para-hydroxylation sites is 1. The van der Waals surface area contributed by atoms with Gasteiger partial charge < -0.3 is 10.2 Å². The van der Waals surface area contributed by atoms with Crippen molar-refractivity contribution in [3.8, 4) is 0 Å². The molecule has 0 radical (unpaired) electrons. The van der Waals surface area contributed by atoms with Gasteiger partial charge in [0.05, 0.1) is 23.6 Å². The Kier molecular flexibility index (Phi) is 5.38. The zero-order valence-electron chi connectivity index (χ0n) is 15.2. The van der Waals surface area contributed by atoms with Crippen LogP contribution in [-0.2, 0) is 4.79 Å². The van der Waals surface area contributed by atoms with Crippen molar-refractivity contribution in [1.82, 2.24) is 15.1 Å². The molecule has 0 spiro atoms. The van der Waals surface area contributed by atoms with Gasteiger partial charge in [0, 0.05) is 24.8 Å². The quantitative estimate of drug-likeness (QED) is 0.877. The molecule has 1 amide bonds. The number of hydrogen-bond donors (Lipinski definition) is 2. The Labute approximate surface area is 149 Å². The normalized spacial score (nSPS) is 17.8. The molecule has 3 rings (SSSR count). The average molecular weight is 341 g/mol. The number of nitrogens with one attached hydrogen (secondary N) is 2. The van der Waals surface area contributed by atoms with E-state index >= 15 is 0 Å². The highest BCUT2D eigenvalue weighted by Gasteiger charge is 2.25. The number of aromatic amines is 1. The summed E-state index contributed by atoms with van der Waals surface area (Å²) in [4.78, 5) is 17.0. The third-order valence-electron chi connectivity index (χ3n) is 4.93. The highest BCUT2D eigenvalue weighted by Crippen LogP contribution is 2.22. The summed E-state index contributed by atoms with van der Waals surface area (Å²) in [5, 5.41) is 10.0. The zero-order chi connectivity index (χ0) is 17.8. The van der Waals surface area contributed by atoms with E-state index in [0.717, 1.165) is 43.0 Å². The SMILES string of the molecule is Cc1n[nH]c(C)c1NC(=O)CN(C)C1CCCN(c2ccccc2)C1. The minimum atomic E-state index is 0.00642. The van der Waals surface area contributed by atoms with E-state index < -0.39 is 0 Å². The number of rotatable bonds is 5. The van der Waals surface area contributed by atoms with E-state index in [9.17, 15) is 4.79 Å². The molecule has 2 heterocycles. The number of likely N-dealkylation sites (N-methyl/N-ethyl adjacent to an activating group) is 1. The van der Waals surface area contributed by atoms with Crippen LogP contribution in [0.4, 0.5) is 11.4 Å². The standard InChI is InChI=1S/C19H27N5O/c1-14-19(15(2)22-21-14)20-18(25)13-23(3)17-10-7-11-24(12-17)16-8-5-4-6-9-16/h4-6,8-9,17H,7,10-13H2,1-3H3,(H,20,25)(H,21,22). The van der Waals surface area contributed by atoms with Gasteiger partial charge in [-0.25, -0.2) is 0 Å². The maximum absolute atomic E-state index is 12.4. The van der Waals surface area contributed by atoms with Crippen molar-refractivity contribution < 1.29 is 4.79 Å². The molecule has 0 aliphatic carbocycles. The van der Waals surface area contributed by atoms with E-state index in [-0.39, 0.29) is 5.91 Å². The predicted molar refractivity (Wildman–Crippen MR) is 101 cm³/mol. The molecule has 0 bridgehead atoms. The van der Waals surface area contributed by atoms with Gasteiger partial charge in [0.15, 0.2) is 0 Å². The van der Waals surface area contributed by atoms with Crippen molar-refractivity contribution >= 4 is 17.3 Å². The van der Waals surface area contributed by atoms with Crippen molar-refractivity contribution in [3.05, 3.63) is 41.7 Å². The fourth-order valence-electron chi connectivity index (χ4n) is 3.46. The number of carbonyl (C=O) groups excluding carboxylic acids is 1. The van der Waals surface area contributed by atoms with Crippen LogP contribution in [0.2, 0.25) is 0 Å². The Morgan fingerprint density at radius 1 is 1.36 bits per heavy atom. The summed E-state index contributed by atoms with van der Waals surface area (Å²) < 4.78 is 0. The molecule has 25 heavy (non-hydrogen) atoms. The summed E-state index contributed by atoms with van der Waals surface area (Å²) in [5.74, 6) is 0.00642. The second-order valence-electron chi connectivity index (χ2n) is 6.85. The third kappa shape index (κ3) is 4.20. The van der Waals surface area contributed by atoms with Gasteiger partial charge in [0.1, 0.15) is 0 Å². The van der Waals surface area contributed by atoms with Crippen LogP contribution in [0.25, 0.3) is 0 Å². The van der Waals surface area contributed by atoms with Crippen LogP contribution in [0.1, 0.15) is 24.2 Å². The van der Waals surface area contributed by atoms with E-state index in [1.807, 2.05) is 27.0 Å². The predicted octanol–water partition coefficient (Wildman–Crippen LogP) is 2.57. The fraction of sp³-hybridized carbons (Fsp3) is 0.474. The number of anilines is 2. The Morgan fingerprint density at radius 2 is 2.12 bits per heavy atom. The molecule has 1 aromatic carbocycles. The third-order valence-corrected chi connectivity index (χ3v) is 4.93. The minimum Gasteiger partial charge on any atom is -0.370 e. The number of hydrogen-bond acceptors (Lipinski definition) is 4. The molecule has 2 aromatic rings. The molecule has 1 saturated heterocycles. The highest BCUT2D eigenvalue weighted by atomic mass is 16.2. The van der Waals surface area contributed by atoms with Crippen molar-refractivity contribution in [2.75, 3.05) is 36.9 Å². The largest absolute Gasteiger partial charge is 0.370 e.